The van der Waals surface area contributed by atoms with Crippen molar-refractivity contribution in [1.29, 1.82) is 0 Å². The van der Waals surface area contributed by atoms with Gasteiger partial charge < -0.3 is 10.5 Å². The molecule has 0 saturated carbocycles. The number of hydrogen-bond donors (Lipinski definition) is 1. The van der Waals surface area contributed by atoms with E-state index in [-0.39, 0.29) is 5.78 Å². The molecule has 82 valence electrons. The summed E-state index contributed by atoms with van der Waals surface area (Å²) >= 11 is 1.55. The zero-order valence-corrected chi connectivity index (χ0v) is 9.60. The molecule has 0 amide bonds. The largest absolute Gasteiger partial charge is 0.390 e. The maximum absolute atomic E-state index is 11.3. The van der Waals surface area contributed by atoms with E-state index in [0.717, 1.165) is 26.1 Å². The molecule has 1 fully saturated rings. The lowest BCUT2D eigenvalue weighted by Crippen LogP contribution is -2.13. The third kappa shape index (κ3) is 2.21. The van der Waals surface area contributed by atoms with Gasteiger partial charge in [-0.25, -0.2) is 0 Å². The van der Waals surface area contributed by atoms with E-state index in [2.05, 4.69) is 0 Å². The first-order valence-corrected chi connectivity index (χ1v) is 5.98. The lowest BCUT2D eigenvalue weighted by atomic mass is 9.98. The molecule has 4 heteroatoms. The van der Waals surface area contributed by atoms with Gasteiger partial charge in [-0.15, -0.1) is 11.3 Å². The number of nitrogens with two attached hydrogens (primary N) is 1. The highest BCUT2D eigenvalue weighted by atomic mass is 32.1. The lowest BCUT2D eigenvalue weighted by molar-refractivity contribution is 0.0860. The summed E-state index contributed by atoms with van der Waals surface area (Å²) in [6.45, 7) is 3.20. The molecule has 3 nitrogen and oxygen atoms in total. The summed E-state index contributed by atoms with van der Waals surface area (Å²) in [4.78, 5) is 12.5. The average molecular weight is 225 g/mol. The first-order valence-electron chi connectivity index (χ1n) is 5.16. The van der Waals surface area contributed by atoms with Crippen molar-refractivity contribution in [2.75, 3.05) is 18.9 Å². The van der Waals surface area contributed by atoms with E-state index < -0.39 is 0 Å². The monoisotopic (exact) mass is 225 g/mol. The van der Waals surface area contributed by atoms with Crippen molar-refractivity contribution in [1.82, 2.24) is 0 Å². The number of Topliss-reactive ketones (excluding diaryl/α,β-unsaturated/α-hetero) is 1. The van der Waals surface area contributed by atoms with Crippen molar-refractivity contribution < 1.29 is 9.53 Å². The smallest absolute Gasteiger partial charge is 0.162 e. The summed E-state index contributed by atoms with van der Waals surface area (Å²) in [6.07, 6.45) is 2.08. The molecule has 15 heavy (non-hydrogen) atoms. The number of nitrogen functional groups attached to an aromatic ring is 1. The van der Waals surface area contributed by atoms with Gasteiger partial charge in [-0.1, -0.05) is 0 Å². The van der Waals surface area contributed by atoms with Gasteiger partial charge in [0, 0.05) is 18.1 Å². The quantitative estimate of drug-likeness (QED) is 0.786. The SMILES string of the molecule is CC(=O)c1cc(C2CCOCC2)sc1N. The molecule has 2 rings (SSSR count). The van der Waals surface area contributed by atoms with Crippen molar-refractivity contribution in [3.63, 3.8) is 0 Å². The number of thiophene rings is 1. The van der Waals surface area contributed by atoms with Crippen LogP contribution in [0.1, 0.15) is 40.9 Å². The molecule has 1 aromatic rings. The van der Waals surface area contributed by atoms with Crippen LogP contribution in [0.25, 0.3) is 0 Å². The molecule has 1 aliphatic heterocycles. The summed E-state index contributed by atoms with van der Waals surface area (Å²) in [7, 11) is 0. The van der Waals surface area contributed by atoms with Gasteiger partial charge >= 0.3 is 0 Å². The second-order valence-electron chi connectivity index (χ2n) is 3.87. The second kappa shape index (κ2) is 4.33. The lowest BCUT2D eigenvalue weighted by Gasteiger charge is -2.20. The van der Waals surface area contributed by atoms with Crippen LogP contribution >= 0.6 is 11.3 Å². The molecule has 0 aliphatic carbocycles. The minimum absolute atomic E-state index is 0.0575. The Kier molecular flexibility index (Phi) is 3.07. The first-order chi connectivity index (χ1) is 7.18. The molecular formula is C11H15NO2S. The Balaban J connectivity index is 2.21. The second-order valence-corrected chi connectivity index (χ2v) is 4.98. The highest BCUT2D eigenvalue weighted by Gasteiger charge is 2.20. The van der Waals surface area contributed by atoms with Crippen LogP contribution in [0.3, 0.4) is 0 Å². The topological polar surface area (TPSA) is 52.3 Å². The number of carbonyl (C=O) groups excluding carboxylic acids is 1. The van der Waals surface area contributed by atoms with E-state index in [1.807, 2.05) is 6.07 Å². The predicted octanol–water partition coefficient (Wildman–Crippen LogP) is 2.43. The summed E-state index contributed by atoms with van der Waals surface area (Å²) < 4.78 is 5.31. The number of ketones is 1. The normalized spacial score (nSPS) is 17.9. The number of hydrogen-bond acceptors (Lipinski definition) is 4. The van der Waals surface area contributed by atoms with E-state index in [4.69, 9.17) is 10.5 Å². The van der Waals surface area contributed by atoms with Crippen LogP contribution in [0.5, 0.6) is 0 Å². The number of carbonyl (C=O) groups is 1. The van der Waals surface area contributed by atoms with Gasteiger partial charge in [0.25, 0.3) is 0 Å². The molecule has 0 unspecified atom stereocenters. The maximum Gasteiger partial charge on any atom is 0.162 e. The van der Waals surface area contributed by atoms with E-state index in [9.17, 15) is 4.79 Å². The van der Waals surface area contributed by atoms with Crippen molar-refractivity contribution >= 4 is 22.1 Å². The van der Waals surface area contributed by atoms with Gasteiger partial charge in [0.1, 0.15) is 0 Å². The van der Waals surface area contributed by atoms with Gasteiger partial charge in [-0.05, 0) is 31.7 Å². The van der Waals surface area contributed by atoms with Crippen LogP contribution in [0.4, 0.5) is 5.00 Å². The fourth-order valence-corrected chi connectivity index (χ4v) is 3.03. The fourth-order valence-electron chi connectivity index (χ4n) is 1.88. The third-order valence-electron chi connectivity index (χ3n) is 2.78. The van der Waals surface area contributed by atoms with Gasteiger partial charge in [-0.3, -0.25) is 4.79 Å². The zero-order chi connectivity index (χ0) is 10.8. The van der Waals surface area contributed by atoms with Crippen molar-refractivity contribution in [3.8, 4) is 0 Å². The van der Waals surface area contributed by atoms with Crippen LogP contribution < -0.4 is 5.73 Å². The van der Waals surface area contributed by atoms with Gasteiger partial charge in [0.15, 0.2) is 5.78 Å². The van der Waals surface area contributed by atoms with Gasteiger partial charge in [0.2, 0.25) is 0 Å². The number of ether oxygens (including phenoxy) is 1. The predicted molar refractivity (Wildman–Crippen MR) is 61.5 cm³/mol. The van der Waals surface area contributed by atoms with Gasteiger partial charge in [0.05, 0.1) is 10.6 Å². The van der Waals surface area contributed by atoms with Crippen LogP contribution in [0, 0.1) is 0 Å². The number of rotatable bonds is 2. The molecular weight excluding hydrogens is 210 g/mol. The maximum atomic E-state index is 11.3. The Labute approximate surface area is 93.2 Å². The average Bonchev–Trinajstić information content (AvgIpc) is 2.62. The molecule has 1 saturated heterocycles. The molecule has 0 spiro atoms. The van der Waals surface area contributed by atoms with Gasteiger partial charge in [-0.2, -0.15) is 0 Å². The molecule has 0 radical (unpaired) electrons. The van der Waals surface area contributed by atoms with Crippen molar-refractivity contribution in [3.05, 3.63) is 16.5 Å². The minimum Gasteiger partial charge on any atom is -0.390 e. The van der Waals surface area contributed by atoms with Crippen LogP contribution in [0.2, 0.25) is 0 Å². The van der Waals surface area contributed by atoms with Crippen molar-refractivity contribution in [2.24, 2.45) is 0 Å². The standard InChI is InChI=1S/C11H15NO2S/c1-7(13)9-6-10(15-11(9)12)8-2-4-14-5-3-8/h6,8H,2-5,12H2,1H3. The van der Waals surface area contributed by atoms with E-state index in [0.29, 0.717) is 16.5 Å². The number of anilines is 1. The van der Waals surface area contributed by atoms with Crippen LogP contribution in [-0.2, 0) is 4.74 Å². The van der Waals surface area contributed by atoms with Crippen LogP contribution in [-0.4, -0.2) is 19.0 Å². The first kappa shape index (κ1) is 10.6. The highest BCUT2D eigenvalue weighted by Crippen LogP contribution is 2.35. The fraction of sp³-hybridized carbons (Fsp3) is 0.545. The molecule has 0 bridgehead atoms. The minimum atomic E-state index is 0.0575. The van der Waals surface area contributed by atoms with Crippen LogP contribution in [0.15, 0.2) is 6.07 Å². The molecule has 0 aromatic carbocycles. The van der Waals surface area contributed by atoms with E-state index >= 15 is 0 Å². The molecule has 1 aromatic heterocycles. The summed E-state index contributed by atoms with van der Waals surface area (Å²) in [5.41, 5.74) is 6.50. The summed E-state index contributed by atoms with van der Waals surface area (Å²) in [5.74, 6) is 0.584. The Bertz CT molecular complexity index is 367. The Morgan fingerprint density at radius 2 is 2.20 bits per heavy atom. The molecule has 2 heterocycles. The summed E-state index contributed by atoms with van der Waals surface area (Å²) in [6, 6.07) is 1.96. The summed E-state index contributed by atoms with van der Waals surface area (Å²) in [5, 5.41) is 0.656. The Hall–Kier alpha value is -0.870. The molecule has 2 N–H and O–H groups in total. The van der Waals surface area contributed by atoms with E-state index in [1.54, 1.807) is 18.3 Å². The molecule has 0 atom stereocenters. The van der Waals surface area contributed by atoms with Crippen molar-refractivity contribution in [2.45, 2.75) is 25.7 Å². The Morgan fingerprint density at radius 3 is 2.73 bits per heavy atom. The third-order valence-corrected chi connectivity index (χ3v) is 3.91. The van der Waals surface area contributed by atoms with E-state index in [1.165, 1.54) is 4.88 Å². The highest BCUT2D eigenvalue weighted by molar-refractivity contribution is 7.16. The Morgan fingerprint density at radius 1 is 1.53 bits per heavy atom. The molecule has 1 aliphatic rings. The zero-order valence-electron chi connectivity index (χ0n) is 8.79.